The monoisotopic (exact) mass is 510 g/mol. The molecular formula is C19H35IN4O2S. The predicted octanol–water partition coefficient (Wildman–Crippen LogP) is 3.02. The summed E-state index contributed by atoms with van der Waals surface area (Å²) in [6, 6.07) is 10.5. The second-order valence-electron chi connectivity index (χ2n) is 6.29. The topological polar surface area (TPSA) is 73.8 Å². The highest BCUT2D eigenvalue weighted by atomic mass is 127. The molecule has 0 spiro atoms. The Morgan fingerprint density at radius 3 is 2.22 bits per heavy atom. The third kappa shape index (κ3) is 8.78. The summed E-state index contributed by atoms with van der Waals surface area (Å²) < 4.78 is 26.0. The second kappa shape index (κ2) is 13.3. The first-order valence-corrected chi connectivity index (χ1v) is 11.0. The summed E-state index contributed by atoms with van der Waals surface area (Å²) in [5.41, 5.74) is 1.26. The van der Waals surface area contributed by atoms with Gasteiger partial charge in [-0.3, -0.25) is 4.99 Å². The molecule has 0 heterocycles. The molecule has 0 saturated heterocycles. The zero-order valence-electron chi connectivity index (χ0n) is 17.1. The Kier molecular flexibility index (Phi) is 12.9. The van der Waals surface area contributed by atoms with E-state index >= 15 is 0 Å². The summed E-state index contributed by atoms with van der Waals surface area (Å²) in [5, 5.41) is 6.58. The van der Waals surface area contributed by atoms with Crippen LogP contribution in [0.5, 0.6) is 0 Å². The van der Waals surface area contributed by atoms with Gasteiger partial charge in [-0.15, -0.1) is 24.0 Å². The van der Waals surface area contributed by atoms with Crippen molar-refractivity contribution in [3.63, 3.8) is 0 Å². The van der Waals surface area contributed by atoms with Gasteiger partial charge >= 0.3 is 0 Å². The van der Waals surface area contributed by atoms with Crippen LogP contribution in [0.25, 0.3) is 0 Å². The third-order valence-corrected chi connectivity index (χ3v) is 6.50. The summed E-state index contributed by atoms with van der Waals surface area (Å²) in [6.45, 7) is 11.9. The van der Waals surface area contributed by atoms with Crippen molar-refractivity contribution in [1.82, 2.24) is 14.9 Å². The van der Waals surface area contributed by atoms with E-state index in [4.69, 9.17) is 0 Å². The lowest BCUT2D eigenvalue weighted by Gasteiger charge is -2.24. The lowest BCUT2D eigenvalue weighted by molar-refractivity contribution is 0.445. The zero-order valence-corrected chi connectivity index (χ0v) is 20.3. The average Bonchev–Trinajstić information content (AvgIpc) is 2.62. The summed E-state index contributed by atoms with van der Waals surface area (Å²) in [7, 11) is -3.25. The number of hydrogen-bond donors (Lipinski definition) is 2. The van der Waals surface area contributed by atoms with Gasteiger partial charge in [-0.1, -0.05) is 51.1 Å². The number of hydrogen-bond acceptors (Lipinski definition) is 3. The van der Waals surface area contributed by atoms with E-state index in [2.05, 4.69) is 41.6 Å². The fourth-order valence-corrected chi connectivity index (χ4v) is 4.09. The Bertz CT molecular complexity index is 649. The molecule has 0 amide bonds. The number of aliphatic imine (C=N–C) groups is 1. The predicted molar refractivity (Wildman–Crippen MR) is 126 cm³/mol. The lowest BCUT2D eigenvalue weighted by Crippen LogP contribution is -2.44. The number of benzene rings is 1. The van der Waals surface area contributed by atoms with Gasteiger partial charge in [0.05, 0.1) is 12.3 Å². The molecule has 1 aromatic carbocycles. The lowest BCUT2D eigenvalue weighted by atomic mass is 9.94. The molecule has 8 heteroatoms. The fourth-order valence-electron chi connectivity index (χ4n) is 2.72. The van der Waals surface area contributed by atoms with Gasteiger partial charge in [0.2, 0.25) is 10.0 Å². The molecule has 1 aromatic rings. The molecule has 1 rings (SSSR count). The Labute approximate surface area is 182 Å². The van der Waals surface area contributed by atoms with E-state index in [1.54, 1.807) is 0 Å². The molecule has 0 radical (unpaired) electrons. The van der Waals surface area contributed by atoms with Crippen LogP contribution in [0.15, 0.2) is 35.3 Å². The SMILES string of the molecule is CCNC(=NCCS(=O)(=O)N(CC)CC)NC(C)C(C)c1ccccc1.I. The quantitative estimate of drug-likeness (QED) is 0.289. The van der Waals surface area contributed by atoms with E-state index in [0.717, 1.165) is 6.54 Å². The van der Waals surface area contributed by atoms with Crippen LogP contribution in [0.4, 0.5) is 0 Å². The van der Waals surface area contributed by atoms with E-state index in [1.165, 1.54) is 9.87 Å². The van der Waals surface area contributed by atoms with Crippen LogP contribution >= 0.6 is 24.0 Å². The van der Waals surface area contributed by atoms with Gasteiger partial charge in [-0.05, 0) is 19.4 Å². The molecule has 2 N–H and O–H groups in total. The minimum Gasteiger partial charge on any atom is -0.357 e. The second-order valence-corrected chi connectivity index (χ2v) is 8.38. The van der Waals surface area contributed by atoms with E-state index in [1.807, 2.05) is 39.0 Å². The minimum absolute atomic E-state index is 0. The smallest absolute Gasteiger partial charge is 0.215 e. The first kappa shape index (κ1) is 26.1. The van der Waals surface area contributed by atoms with Crippen molar-refractivity contribution in [2.24, 2.45) is 4.99 Å². The average molecular weight is 510 g/mol. The Morgan fingerprint density at radius 2 is 1.70 bits per heavy atom. The van der Waals surface area contributed by atoms with Gasteiger partial charge in [0.25, 0.3) is 0 Å². The van der Waals surface area contributed by atoms with Gasteiger partial charge in [0, 0.05) is 31.6 Å². The summed E-state index contributed by atoms with van der Waals surface area (Å²) in [6.07, 6.45) is 0. The Morgan fingerprint density at radius 1 is 1.11 bits per heavy atom. The largest absolute Gasteiger partial charge is 0.357 e. The van der Waals surface area contributed by atoms with Crippen LogP contribution in [-0.2, 0) is 10.0 Å². The molecule has 0 aliphatic rings. The molecule has 0 aliphatic carbocycles. The van der Waals surface area contributed by atoms with E-state index in [0.29, 0.717) is 25.0 Å². The maximum atomic E-state index is 12.3. The zero-order chi connectivity index (χ0) is 19.6. The van der Waals surface area contributed by atoms with Gasteiger partial charge in [-0.2, -0.15) is 0 Å². The van der Waals surface area contributed by atoms with E-state index in [-0.39, 0.29) is 42.3 Å². The number of guanidine groups is 1. The van der Waals surface area contributed by atoms with Crippen molar-refractivity contribution >= 4 is 40.0 Å². The van der Waals surface area contributed by atoms with Crippen molar-refractivity contribution in [3.8, 4) is 0 Å². The number of rotatable bonds is 10. The number of sulfonamides is 1. The summed E-state index contributed by atoms with van der Waals surface area (Å²) in [4.78, 5) is 4.45. The normalized spacial score (nSPS) is 14.4. The molecule has 2 atom stereocenters. The fraction of sp³-hybridized carbons (Fsp3) is 0.632. The van der Waals surface area contributed by atoms with Crippen molar-refractivity contribution in [3.05, 3.63) is 35.9 Å². The third-order valence-electron chi connectivity index (χ3n) is 4.50. The molecule has 27 heavy (non-hydrogen) atoms. The van der Waals surface area contributed by atoms with Gasteiger partial charge < -0.3 is 10.6 Å². The standard InChI is InChI=1S/C19H34N4O2S.HI/c1-6-20-19(21-14-15-26(24,25)23(7-2)8-3)22-17(5)16(4)18-12-10-9-11-13-18;/h9-13,16-17H,6-8,14-15H2,1-5H3,(H2,20,21,22);1H. The number of nitrogens with one attached hydrogen (secondary N) is 2. The van der Waals surface area contributed by atoms with Crippen LogP contribution in [-0.4, -0.2) is 56.7 Å². The first-order chi connectivity index (χ1) is 12.4. The summed E-state index contributed by atoms with van der Waals surface area (Å²) in [5.74, 6) is 0.977. The molecule has 0 aliphatic heterocycles. The van der Waals surface area contributed by atoms with Crippen LogP contribution in [0, 0.1) is 0 Å². The van der Waals surface area contributed by atoms with Crippen molar-refractivity contribution < 1.29 is 8.42 Å². The molecule has 0 bridgehead atoms. The first-order valence-electron chi connectivity index (χ1n) is 9.43. The van der Waals surface area contributed by atoms with E-state index < -0.39 is 10.0 Å². The van der Waals surface area contributed by atoms with Crippen molar-refractivity contribution in [2.75, 3.05) is 31.9 Å². The minimum atomic E-state index is -3.25. The molecule has 0 fully saturated rings. The van der Waals surface area contributed by atoms with Gasteiger partial charge in [0.1, 0.15) is 0 Å². The highest BCUT2D eigenvalue weighted by Gasteiger charge is 2.19. The summed E-state index contributed by atoms with van der Waals surface area (Å²) >= 11 is 0. The van der Waals surface area contributed by atoms with Gasteiger partial charge in [0.15, 0.2) is 5.96 Å². The number of nitrogens with zero attached hydrogens (tertiary/aromatic N) is 2. The van der Waals surface area contributed by atoms with Crippen LogP contribution in [0.1, 0.15) is 46.1 Å². The molecule has 2 unspecified atom stereocenters. The van der Waals surface area contributed by atoms with E-state index in [9.17, 15) is 8.42 Å². The molecular weight excluding hydrogens is 475 g/mol. The van der Waals surface area contributed by atoms with Crippen LogP contribution in [0.2, 0.25) is 0 Å². The highest BCUT2D eigenvalue weighted by molar-refractivity contribution is 14.0. The van der Waals surface area contributed by atoms with Crippen LogP contribution in [0.3, 0.4) is 0 Å². The molecule has 156 valence electrons. The van der Waals surface area contributed by atoms with Crippen molar-refractivity contribution in [2.45, 2.75) is 46.6 Å². The maximum absolute atomic E-state index is 12.3. The highest BCUT2D eigenvalue weighted by Crippen LogP contribution is 2.18. The van der Waals surface area contributed by atoms with Gasteiger partial charge in [-0.25, -0.2) is 12.7 Å². The van der Waals surface area contributed by atoms with Crippen LogP contribution < -0.4 is 10.6 Å². The Hall–Kier alpha value is -0.870. The number of halogens is 1. The molecule has 0 aromatic heterocycles. The van der Waals surface area contributed by atoms with Crippen molar-refractivity contribution in [1.29, 1.82) is 0 Å². The maximum Gasteiger partial charge on any atom is 0.215 e. The molecule has 6 nitrogen and oxygen atoms in total. The Balaban J connectivity index is 0.00000676. The molecule has 0 saturated carbocycles.